The molecule has 0 fully saturated rings. The molecule has 2 heteroatoms. The minimum atomic E-state index is -2.72. The molecule has 3 rings (SSSR count). The van der Waals surface area contributed by atoms with Gasteiger partial charge in [0.15, 0.2) is 0 Å². The zero-order chi connectivity index (χ0) is 23.2. The van der Waals surface area contributed by atoms with Gasteiger partial charge in [-0.3, -0.25) is 0 Å². The Morgan fingerprint density at radius 3 is 2.12 bits per heavy atom. The smallest absolute Gasteiger partial charge is 0.119 e. The predicted octanol–water partition coefficient (Wildman–Crippen LogP) is 5.22. The van der Waals surface area contributed by atoms with Crippen molar-refractivity contribution in [2.45, 2.75) is 0 Å². The van der Waals surface area contributed by atoms with Gasteiger partial charge < -0.3 is 9.64 Å². The van der Waals surface area contributed by atoms with Crippen molar-refractivity contribution < 1.29 is 13.0 Å². The molecule has 0 spiro atoms. The van der Waals surface area contributed by atoms with Crippen LogP contribution in [-0.4, -0.2) is 32.0 Å². The number of likely N-dealkylation sites (N-methyl/N-ethyl adjacent to an activating group) is 1. The van der Waals surface area contributed by atoms with Gasteiger partial charge in [0.05, 0.1) is 0 Å². The summed E-state index contributed by atoms with van der Waals surface area (Å²) < 4.78 is 50.1. The van der Waals surface area contributed by atoms with E-state index in [-0.39, 0.29) is 13.2 Å². The summed E-state index contributed by atoms with van der Waals surface area (Å²) in [5.41, 5.74) is 4.22. The lowest BCUT2D eigenvalue weighted by molar-refractivity contribution is 0.261. The van der Waals surface area contributed by atoms with Gasteiger partial charge in [-0.15, -0.1) is 0 Å². The van der Waals surface area contributed by atoms with E-state index in [0.29, 0.717) is 10.6 Å². The highest BCUT2D eigenvalue weighted by Crippen LogP contribution is 2.27. The first-order chi connectivity index (χ1) is 15.1. The lowest BCUT2D eigenvalue weighted by atomic mass is 9.95. The van der Waals surface area contributed by atoms with Crippen LogP contribution in [0, 0.1) is 0 Å². The summed E-state index contributed by atoms with van der Waals surface area (Å²) in [5, 5.41) is 0. The van der Waals surface area contributed by atoms with Crippen molar-refractivity contribution in [3.63, 3.8) is 0 Å². The number of hydrogen-bond donors (Lipinski definition) is 0. The Balaban J connectivity index is 1.76. The van der Waals surface area contributed by atoms with Crippen LogP contribution >= 0.6 is 0 Å². The van der Waals surface area contributed by atoms with Crippen LogP contribution < -0.4 is 4.74 Å². The molecule has 0 radical (unpaired) electrons. The molecule has 3 aromatic rings. The van der Waals surface area contributed by atoms with E-state index in [2.05, 4.69) is 18.2 Å². The molecule has 0 atom stereocenters. The second-order valence-electron chi connectivity index (χ2n) is 5.86. The van der Waals surface area contributed by atoms with E-state index in [0.717, 1.165) is 22.3 Å². The molecular formula is C24H25NO. The first kappa shape index (κ1) is 11.7. The van der Waals surface area contributed by atoms with E-state index < -0.39 is 14.0 Å². The molecular weight excluding hydrogens is 318 g/mol. The molecule has 0 unspecified atom stereocenters. The molecule has 0 N–H and O–H groups in total. The molecule has 0 heterocycles. The van der Waals surface area contributed by atoms with Crippen LogP contribution in [0.1, 0.15) is 24.9 Å². The van der Waals surface area contributed by atoms with Gasteiger partial charge in [-0.25, -0.2) is 0 Å². The molecule has 0 saturated heterocycles. The van der Waals surface area contributed by atoms with Crippen LogP contribution in [0.3, 0.4) is 0 Å². The van der Waals surface area contributed by atoms with E-state index in [9.17, 15) is 0 Å². The summed E-state index contributed by atoms with van der Waals surface area (Å²) in [6.45, 7) is -5.73. The second kappa shape index (κ2) is 9.02. The minimum absolute atomic E-state index is 0.0540. The van der Waals surface area contributed by atoms with E-state index >= 15 is 0 Å². The van der Waals surface area contributed by atoms with Crippen molar-refractivity contribution in [2.75, 3.05) is 27.1 Å². The molecule has 0 bridgehead atoms. The molecule has 0 aliphatic heterocycles. The van der Waals surface area contributed by atoms with Crippen molar-refractivity contribution in [3.05, 3.63) is 102 Å². The highest BCUT2D eigenvalue weighted by Gasteiger charge is 2.06. The summed E-state index contributed by atoms with van der Waals surface area (Å²) in [7, 11) is 0. The lowest BCUT2D eigenvalue weighted by Crippen LogP contribution is -2.19. The van der Waals surface area contributed by atoms with E-state index in [1.807, 2.05) is 60.7 Å². The highest BCUT2D eigenvalue weighted by atomic mass is 16.5. The first-order valence-corrected chi connectivity index (χ1v) is 8.48. The van der Waals surface area contributed by atoms with Gasteiger partial charge in [0.2, 0.25) is 0 Å². The van der Waals surface area contributed by atoms with Crippen molar-refractivity contribution in [1.82, 2.24) is 4.90 Å². The first-order valence-electron chi connectivity index (χ1n) is 11.5. The third-order valence-electron chi connectivity index (χ3n) is 3.94. The largest absolute Gasteiger partial charge is 0.492 e. The summed E-state index contributed by atoms with van der Waals surface area (Å²) in [5.74, 6) is 0.539. The Hall–Kier alpha value is -2.84. The maximum Gasteiger partial charge on any atom is 0.119 e. The third-order valence-corrected chi connectivity index (χ3v) is 3.94. The Morgan fingerprint density at radius 2 is 1.46 bits per heavy atom. The van der Waals surface area contributed by atoms with Crippen LogP contribution in [0.5, 0.6) is 5.75 Å². The topological polar surface area (TPSA) is 12.5 Å². The van der Waals surface area contributed by atoms with Crippen LogP contribution in [0.15, 0.2) is 84.9 Å². The van der Waals surface area contributed by atoms with E-state index in [4.69, 9.17) is 13.0 Å². The van der Waals surface area contributed by atoms with Gasteiger partial charge in [0, 0.05) is 14.8 Å². The zero-order valence-corrected chi connectivity index (χ0v) is 14.4. The molecule has 3 aromatic carbocycles. The fourth-order valence-corrected chi connectivity index (χ4v) is 2.65. The SMILES string of the molecule is [2H]C([2H])([2H])N(CCOc1ccc(/C(=C/c2ccccc2)c2ccccc2)cc1)C([2H])([2H])[2H]. The van der Waals surface area contributed by atoms with E-state index in [1.54, 1.807) is 12.1 Å². The van der Waals surface area contributed by atoms with Crippen LogP contribution in [0.25, 0.3) is 11.6 Å². The minimum Gasteiger partial charge on any atom is -0.492 e. The number of benzene rings is 3. The van der Waals surface area contributed by atoms with E-state index in [1.165, 1.54) is 0 Å². The number of ether oxygens (including phenoxy) is 1. The Morgan fingerprint density at radius 1 is 0.846 bits per heavy atom. The average molecular weight is 350 g/mol. The summed E-state index contributed by atoms with van der Waals surface area (Å²) in [4.78, 5) is 0.491. The molecule has 132 valence electrons. The van der Waals surface area contributed by atoms with Crippen molar-refractivity contribution in [1.29, 1.82) is 0 Å². The summed E-state index contributed by atoms with van der Waals surface area (Å²) in [6, 6.07) is 27.6. The van der Waals surface area contributed by atoms with Gasteiger partial charge in [-0.1, -0.05) is 72.8 Å². The maximum atomic E-state index is 7.41. The van der Waals surface area contributed by atoms with Gasteiger partial charge in [-0.2, -0.15) is 0 Å². The van der Waals surface area contributed by atoms with Crippen molar-refractivity contribution in [2.24, 2.45) is 0 Å². The summed E-state index contributed by atoms with van der Waals surface area (Å²) in [6.07, 6.45) is 2.12. The number of nitrogens with zero attached hydrogens (tertiary/aromatic N) is 1. The molecule has 0 saturated carbocycles. The summed E-state index contributed by atoms with van der Waals surface area (Å²) >= 11 is 0. The Labute approximate surface area is 164 Å². The molecule has 26 heavy (non-hydrogen) atoms. The standard InChI is InChI=1S/C24H25NO/c1-25(2)17-18-26-23-15-13-22(14-16-23)24(21-11-7-4-8-12-21)19-20-9-5-3-6-10-20/h3-16,19H,17-18H2,1-2H3/b24-19+/i1D3,2D3. The molecule has 0 amide bonds. The maximum absolute atomic E-state index is 7.41. The monoisotopic (exact) mass is 349 g/mol. The number of hydrogen-bond acceptors (Lipinski definition) is 2. The van der Waals surface area contributed by atoms with Crippen LogP contribution in [0.4, 0.5) is 0 Å². The van der Waals surface area contributed by atoms with Gasteiger partial charge >= 0.3 is 0 Å². The third kappa shape index (κ3) is 5.08. The fraction of sp³-hybridized carbons (Fsp3) is 0.167. The van der Waals surface area contributed by atoms with Gasteiger partial charge in [0.25, 0.3) is 0 Å². The Kier molecular flexibility index (Phi) is 4.07. The van der Waals surface area contributed by atoms with Crippen LogP contribution in [0.2, 0.25) is 0 Å². The van der Waals surface area contributed by atoms with Crippen molar-refractivity contribution >= 4 is 11.6 Å². The number of rotatable bonds is 7. The lowest BCUT2D eigenvalue weighted by Gasteiger charge is -2.13. The average Bonchev–Trinajstić information content (AvgIpc) is 2.75. The second-order valence-corrected chi connectivity index (χ2v) is 5.86. The van der Waals surface area contributed by atoms with Crippen molar-refractivity contribution in [3.8, 4) is 5.75 Å². The highest BCUT2D eigenvalue weighted by molar-refractivity contribution is 5.91. The van der Waals surface area contributed by atoms with Gasteiger partial charge in [0.1, 0.15) is 12.4 Å². The molecule has 0 aliphatic rings. The molecule has 2 nitrogen and oxygen atoms in total. The molecule has 0 aromatic heterocycles. The van der Waals surface area contributed by atoms with Crippen LogP contribution in [-0.2, 0) is 0 Å². The zero-order valence-electron chi connectivity index (χ0n) is 20.4. The fourth-order valence-electron chi connectivity index (χ4n) is 2.65. The predicted molar refractivity (Wildman–Crippen MR) is 110 cm³/mol. The quantitative estimate of drug-likeness (QED) is 0.543. The normalized spacial score (nSPS) is 16.0. The molecule has 0 aliphatic carbocycles. The van der Waals surface area contributed by atoms with Gasteiger partial charge in [-0.05, 0) is 54.4 Å². The Bertz CT molecular complexity index is 998.